The maximum atomic E-state index is 11.1. The minimum atomic E-state index is -0.778. The smallest absolute Gasteiger partial charge is 0.0441 e. The number of hydrogen-bond donors (Lipinski definition) is 1. The Morgan fingerprint density at radius 1 is 1.56 bits per heavy atom. The topological polar surface area (TPSA) is 29.1 Å². The highest BCUT2D eigenvalue weighted by Crippen LogP contribution is 2.20. The van der Waals surface area contributed by atoms with Gasteiger partial charge in [0.1, 0.15) is 0 Å². The SMILES string of the molecule is CC(CNCc1cc(Cl)ccc1Br)S(C)=O. The van der Waals surface area contributed by atoms with Crippen molar-refractivity contribution in [1.29, 1.82) is 0 Å². The lowest BCUT2D eigenvalue weighted by Gasteiger charge is -2.11. The molecule has 0 heterocycles. The zero-order chi connectivity index (χ0) is 12.1. The Bertz CT molecular complexity index is 386. The van der Waals surface area contributed by atoms with E-state index in [0.29, 0.717) is 0 Å². The highest BCUT2D eigenvalue weighted by Gasteiger charge is 2.06. The van der Waals surface area contributed by atoms with E-state index in [1.165, 1.54) is 0 Å². The molecule has 0 saturated heterocycles. The molecule has 0 aromatic heterocycles. The first kappa shape index (κ1) is 14.2. The van der Waals surface area contributed by atoms with Crippen LogP contribution >= 0.6 is 27.5 Å². The Hall–Kier alpha value is 0.1000. The first-order valence-corrected chi connectivity index (χ1v) is 7.77. The summed E-state index contributed by atoms with van der Waals surface area (Å²) in [5, 5.41) is 4.16. The van der Waals surface area contributed by atoms with Gasteiger partial charge in [0.25, 0.3) is 0 Å². The molecule has 2 atom stereocenters. The van der Waals surface area contributed by atoms with Gasteiger partial charge in [0, 0.05) is 44.9 Å². The lowest BCUT2D eigenvalue weighted by molar-refractivity contribution is 0.646. The molecular formula is C11H15BrClNOS. The summed E-state index contributed by atoms with van der Waals surface area (Å²) < 4.78 is 12.2. The van der Waals surface area contributed by atoms with Gasteiger partial charge in [-0.25, -0.2) is 0 Å². The molecule has 90 valence electrons. The highest BCUT2D eigenvalue weighted by molar-refractivity contribution is 9.10. The average Bonchev–Trinajstić information content (AvgIpc) is 2.22. The first-order chi connectivity index (χ1) is 7.50. The van der Waals surface area contributed by atoms with E-state index >= 15 is 0 Å². The van der Waals surface area contributed by atoms with Gasteiger partial charge in [0.15, 0.2) is 0 Å². The predicted molar refractivity (Wildman–Crippen MR) is 74.4 cm³/mol. The van der Waals surface area contributed by atoms with Gasteiger partial charge in [-0.05, 0) is 30.7 Å². The minimum absolute atomic E-state index is 0.165. The van der Waals surface area contributed by atoms with Gasteiger partial charge < -0.3 is 5.32 Å². The van der Waals surface area contributed by atoms with Crippen molar-refractivity contribution >= 4 is 38.3 Å². The lowest BCUT2D eigenvalue weighted by atomic mass is 10.2. The van der Waals surface area contributed by atoms with Gasteiger partial charge in [0.2, 0.25) is 0 Å². The molecule has 0 saturated carbocycles. The third-order valence-corrected chi connectivity index (χ3v) is 4.63. The monoisotopic (exact) mass is 323 g/mol. The van der Waals surface area contributed by atoms with Crippen LogP contribution < -0.4 is 5.32 Å². The third-order valence-electron chi connectivity index (χ3n) is 2.32. The lowest BCUT2D eigenvalue weighted by Crippen LogP contribution is -2.27. The number of rotatable bonds is 5. The molecule has 0 aliphatic rings. The van der Waals surface area contributed by atoms with Gasteiger partial charge >= 0.3 is 0 Å². The van der Waals surface area contributed by atoms with Crippen molar-refractivity contribution in [2.45, 2.75) is 18.7 Å². The number of halogens is 2. The summed E-state index contributed by atoms with van der Waals surface area (Å²) in [6.07, 6.45) is 1.72. The van der Waals surface area contributed by atoms with Crippen LogP contribution in [-0.2, 0) is 17.3 Å². The molecule has 2 nitrogen and oxygen atoms in total. The van der Waals surface area contributed by atoms with E-state index in [2.05, 4.69) is 21.2 Å². The van der Waals surface area contributed by atoms with Crippen LogP contribution in [0, 0.1) is 0 Å². The fraction of sp³-hybridized carbons (Fsp3) is 0.455. The molecule has 0 aliphatic carbocycles. The summed E-state index contributed by atoms with van der Waals surface area (Å²) in [6.45, 7) is 3.43. The molecule has 0 radical (unpaired) electrons. The van der Waals surface area contributed by atoms with Gasteiger partial charge in [-0.3, -0.25) is 4.21 Å². The normalized spacial score (nSPS) is 14.8. The highest BCUT2D eigenvalue weighted by atomic mass is 79.9. The summed E-state index contributed by atoms with van der Waals surface area (Å²) >= 11 is 9.38. The van der Waals surface area contributed by atoms with E-state index in [-0.39, 0.29) is 5.25 Å². The Morgan fingerprint density at radius 3 is 2.88 bits per heavy atom. The maximum Gasteiger partial charge on any atom is 0.0441 e. The van der Waals surface area contributed by atoms with Crippen molar-refractivity contribution in [2.24, 2.45) is 0 Å². The average molecular weight is 325 g/mol. The molecule has 0 spiro atoms. The summed E-state index contributed by atoms with van der Waals surface area (Å²) in [4.78, 5) is 0. The zero-order valence-electron chi connectivity index (χ0n) is 9.30. The van der Waals surface area contributed by atoms with Crippen molar-refractivity contribution in [3.63, 3.8) is 0 Å². The predicted octanol–water partition coefficient (Wildman–Crippen LogP) is 2.96. The molecule has 0 bridgehead atoms. The summed E-state index contributed by atoms with van der Waals surface area (Å²) in [7, 11) is -0.778. The van der Waals surface area contributed by atoms with Crippen molar-refractivity contribution in [2.75, 3.05) is 12.8 Å². The van der Waals surface area contributed by atoms with Crippen molar-refractivity contribution < 1.29 is 4.21 Å². The van der Waals surface area contributed by atoms with E-state index in [9.17, 15) is 4.21 Å². The summed E-state index contributed by atoms with van der Waals surface area (Å²) in [5.41, 5.74) is 1.11. The second-order valence-corrected chi connectivity index (χ2v) is 6.77. The fourth-order valence-corrected chi connectivity index (χ4v) is 2.14. The van der Waals surface area contributed by atoms with E-state index in [1.54, 1.807) is 6.26 Å². The molecule has 0 aliphatic heterocycles. The van der Waals surface area contributed by atoms with Gasteiger partial charge in [-0.1, -0.05) is 27.5 Å². The van der Waals surface area contributed by atoms with Crippen LogP contribution in [0.2, 0.25) is 5.02 Å². The van der Waals surface area contributed by atoms with Crippen LogP contribution in [0.4, 0.5) is 0 Å². The van der Waals surface area contributed by atoms with E-state index in [4.69, 9.17) is 11.6 Å². The maximum absolute atomic E-state index is 11.1. The van der Waals surface area contributed by atoms with Crippen molar-refractivity contribution in [3.05, 3.63) is 33.3 Å². The third kappa shape index (κ3) is 4.53. The summed E-state index contributed by atoms with van der Waals surface area (Å²) in [5.74, 6) is 0. The summed E-state index contributed by atoms with van der Waals surface area (Å²) in [6, 6.07) is 5.70. The molecular weight excluding hydrogens is 310 g/mol. The van der Waals surface area contributed by atoms with Crippen LogP contribution in [0.3, 0.4) is 0 Å². The van der Waals surface area contributed by atoms with E-state index in [0.717, 1.165) is 28.1 Å². The number of hydrogen-bond acceptors (Lipinski definition) is 2. The van der Waals surface area contributed by atoms with Gasteiger partial charge in [-0.2, -0.15) is 0 Å². The van der Waals surface area contributed by atoms with Gasteiger partial charge in [0.05, 0.1) is 0 Å². The molecule has 1 aromatic carbocycles. The van der Waals surface area contributed by atoms with Gasteiger partial charge in [-0.15, -0.1) is 0 Å². The molecule has 16 heavy (non-hydrogen) atoms. The molecule has 1 N–H and O–H groups in total. The largest absolute Gasteiger partial charge is 0.311 e. The number of nitrogens with one attached hydrogen (secondary N) is 1. The van der Waals surface area contributed by atoms with Crippen molar-refractivity contribution in [3.8, 4) is 0 Å². The van der Waals surface area contributed by atoms with Crippen LogP contribution in [-0.4, -0.2) is 22.3 Å². The number of benzene rings is 1. The Morgan fingerprint density at radius 2 is 2.25 bits per heavy atom. The first-order valence-electron chi connectivity index (χ1n) is 4.97. The molecule has 1 rings (SSSR count). The van der Waals surface area contributed by atoms with E-state index < -0.39 is 10.8 Å². The van der Waals surface area contributed by atoms with Crippen LogP contribution in [0.25, 0.3) is 0 Å². The molecule has 0 amide bonds. The van der Waals surface area contributed by atoms with Crippen LogP contribution in [0.15, 0.2) is 22.7 Å². The minimum Gasteiger partial charge on any atom is -0.311 e. The fourth-order valence-electron chi connectivity index (χ4n) is 1.21. The standard InChI is InChI=1S/C11H15BrClNOS/c1-8(16(2)15)6-14-7-9-5-10(13)3-4-11(9)12/h3-5,8,14H,6-7H2,1-2H3. The molecule has 0 fully saturated rings. The van der Waals surface area contributed by atoms with Crippen LogP contribution in [0.1, 0.15) is 12.5 Å². The zero-order valence-corrected chi connectivity index (χ0v) is 12.5. The Balaban J connectivity index is 2.48. The molecule has 5 heteroatoms. The molecule has 2 unspecified atom stereocenters. The van der Waals surface area contributed by atoms with Crippen molar-refractivity contribution in [1.82, 2.24) is 5.32 Å². The van der Waals surface area contributed by atoms with Crippen LogP contribution in [0.5, 0.6) is 0 Å². The quantitative estimate of drug-likeness (QED) is 0.902. The Kier molecular flexibility index (Phi) is 5.97. The Labute approximate surface area is 112 Å². The second-order valence-electron chi connectivity index (χ2n) is 3.68. The second kappa shape index (κ2) is 6.74. The van der Waals surface area contributed by atoms with E-state index in [1.807, 2.05) is 25.1 Å². The molecule has 1 aromatic rings.